The van der Waals surface area contributed by atoms with Gasteiger partial charge in [-0.3, -0.25) is 0 Å². The van der Waals surface area contributed by atoms with Crippen molar-refractivity contribution >= 4 is 60.5 Å². The minimum Gasteiger partial charge on any atom is -0.455 e. The highest BCUT2D eigenvalue weighted by molar-refractivity contribution is 6.31. The SMILES string of the molecule is CC1(C)c2ccccc2-c2ccc(N(c3ccc4c(c3)C(C)(C)c3ccccc3-4)c3ccc4c(oc5c6ccccc6c6ccccc6c45)c3-c3ccccc3)cc21. The zero-order valence-corrected chi connectivity index (χ0v) is 33.1. The molecule has 0 bridgehead atoms. The van der Waals surface area contributed by atoms with Crippen LogP contribution in [-0.2, 0) is 10.8 Å². The lowest BCUT2D eigenvalue weighted by Gasteiger charge is -2.31. The topological polar surface area (TPSA) is 16.4 Å². The fraction of sp³-hybridized carbons (Fsp3) is 0.107. The summed E-state index contributed by atoms with van der Waals surface area (Å²) in [5, 5.41) is 7.06. The molecule has 0 fully saturated rings. The van der Waals surface area contributed by atoms with Crippen molar-refractivity contribution < 1.29 is 4.42 Å². The third-order valence-electron chi connectivity index (χ3n) is 13.4. The zero-order chi connectivity index (χ0) is 38.9. The summed E-state index contributed by atoms with van der Waals surface area (Å²) in [5.74, 6) is 0. The second-order valence-corrected chi connectivity index (χ2v) is 17.2. The van der Waals surface area contributed by atoms with E-state index in [0.29, 0.717) is 0 Å². The maximum atomic E-state index is 7.29. The normalized spacial score (nSPS) is 14.5. The first-order chi connectivity index (χ1) is 28.3. The van der Waals surface area contributed by atoms with Crippen molar-refractivity contribution in [3.8, 4) is 33.4 Å². The van der Waals surface area contributed by atoms with Gasteiger partial charge in [0.2, 0.25) is 0 Å². The van der Waals surface area contributed by atoms with Crippen molar-refractivity contribution in [2.24, 2.45) is 0 Å². The molecule has 2 aliphatic carbocycles. The van der Waals surface area contributed by atoms with Crippen LogP contribution in [0, 0.1) is 0 Å². The molecule has 0 amide bonds. The van der Waals surface area contributed by atoms with Crippen molar-refractivity contribution in [3.63, 3.8) is 0 Å². The van der Waals surface area contributed by atoms with Gasteiger partial charge in [-0.05, 0) is 103 Å². The Morgan fingerprint density at radius 3 is 1.47 bits per heavy atom. The summed E-state index contributed by atoms with van der Waals surface area (Å²) in [6.07, 6.45) is 0. The van der Waals surface area contributed by atoms with Crippen molar-refractivity contribution in [2.75, 3.05) is 4.90 Å². The predicted molar refractivity (Wildman–Crippen MR) is 244 cm³/mol. The highest BCUT2D eigenvalue weighted by Crippen LogP contribution is 2.55. The van der Waals surface area contributed by atoms with E-state index < -0.39 is 0 Å². The molecule has 0 aliphatic heterocycles. The van der Waals surface area contributed by atoms with E-state index in [-0.39, 0.29) is 10.8 Å². The van der Waals surface area contributed by atoms with E-state index >= 15 is 0 Å². The lowest BCUT2D eigenvalue weighted by Crippen LogP contribution is -2.18. The fourth-order valence-corrected chi connectivity index (χ4v) is 10.6. The van der Waals surface area contributed by atoms with E-state index in [4.69, 9.17) is 4.42 Å². The lowest BCUT2D eigenvalue weighted by atomic mass is 9.82. The van der Waals surface area contributed by atoms with Crippen LogP contribution in [0.3, 0.4) is 0 Å². The van der Waals surface area contributed by atoms with Crippen molar-refractivity contribution in [3.05, 3.63) is 198 Å². The number of hydrogen-bond acceptors (Lipinski definition) is 2. The van der Waals surface area contributed by atoms with E-state index in [1.807, 2.05) is 0 Å². The molecule has 0 saturated carbocycles. The Morgan fingerprint density at radius 2 is 0.862 bits per heavy atom. The van der Waals surface area contributed by atoms with Gasteiger partial charge in [0.15, 0.2) is 0 Å². The summed E-state index contributed by atoms with van der Waals surface area (Å²) >= 11 is 0. The zero-order valence-electron chi connectivity index (χ0n) is 33.1. The largest absolute Gasteiger partial charge is 0.455 e. The second kappa shape index (κ2) is 11.8. The molecule has 0 saturated heterocycles. The molecule has 276 valence electrons. The minimum absolute atomic E-state index is 0.151. The molecule has 0 radical (unpaired) electrons. The smallest absolute Gasteiger partial charge is 0.145 e. The highest BCUT2D eigenvalue weighted by Gasteiger charge is 2.38. The molecule has 1 aromatic heterocycles. The summed E-state index contributed by atoms with van der Waals surface area (Å²) < 4.78 is 7.29. The summed E-state index contributed by atoms with van der Waals surface area (Å²) in [6, 6.07) is 64.9. The van der Waals surface area contributed by atoms with Crippen molar-refractivity contribution in [1.82, 2.24) is 0 Å². The molecule has 0 N–H and O–H groups in total. The predicted octanol–water partition coefficient (Wildman–Crippen LogP) is 15.6. The standard InChI is InChI=1S/C56H41NO/c1-55(2)46-24-14-12-20-39(46)41-28-26-35(32-48(41)55)57(36-27-29-42-40-21-13-15-25-47(40)56(3,4)49(42)33-36)50-31-30-45-52-43-22-10-8-18-37(43)38-19-9-11-23-44(38)53(52)58-54(45)51(50)34-16-6-5-7-17-34/h5-33H,1-4H3. The van der Waals surface area contributed by atoms with Crippen LogP contribution >= 0.6 is 0 Å². The Labute approximate surface area is 338 Å². The Hall–Kier alpha value is -6.90. The van der Waals surface area contributed by atoms with E-state index in [1.54, 1.807) is 0 Å². The van der Waals surface area contributed by atoms with Crippen molar-refractivity contribution in [1.29, 1.82) is 0 Å². The van der Waals surface area contributed by atoms with Crippen LogP contribution < -0.4 is 4.90 Å². The number of fused-ring (bicyclic) bond motifs is 14. The van der Waals surface area contributed by atoms with Crippen LogP contribution in [0.15, 0.2) is 180 Å². The molecule has 2 heteroatoms. The van der Waals surface area contributed by atoms with Crippen molar-refractivity contribution in [2.45, 2.75) is 38.5 Å². The van der Waals surface area contributed by atoms with Crippen LogP contribution in [0.5, 0.6) is 0 Å². The molecule has 0 atom stereocenters. The average Bonchev–Trinajstić information content (AvgIpc) is 3.85. The fourth-order valence-electron chi connectivity index (χ4n) is 10.6. The van der Waals surface area contributed by atoms with Crippen LogP contribution in [0.4, 0.5) is 17.1 Å². The first-order valence-electron chi connectivity index (χ1n) is 20.4. The number of rotatable bonds is 4. The van der Waals surface area contributed by atoms with Gasteiger partial charge < -0.3 is 9.32 Å². The number of anilines is 3. The van der Waals surface area contributed by atoms with Crippen LogP contribution in [-0.4, -0.2) is 0 Å². The van der Waals surface area contributed by atoms with E-state index in [2.05, 4.69) is 209 Å². The number of nitrogens with zero attached hydrogens (tertiary/aromatic N) is 1. The number of furan rings is 1. The van der Waals surface area contributed by atoms with Gasteiger partial charge in [-0.1, -0.05) is 167 Å². The molecule has 0 spiro atoms. The van der Waals surface area contributed by atoms with E-state index in [9.17, 15) is 0 Å². The molecule has 10 aromatic rings. The van der Waals surface area contributed by atoms with Gasteiger partial charge in [-0.15, -0.1) is 0 Å². The summed E-state index contributed by atoms with van der Waals surface area (Å²) in [4.78, 5) is 2.49. The molecular formula is C56H41NO. The van der Waals surface area contributed by atoms with Gasteiger partial charge in [0.05, 0.1) is 5.69 Å². The Kier molecular flexibility index (Phi) is 6.78. The maximum absolute atomic E-state index is 7.29. The van der Waals surface area contributed by atoms with Gasteiger partial charge in [0, 0.05) is 43.9 Å². The number of benzene rings is 9. The summed E-state index contributed by atoms with van der Waals surface area (Å²) in [7, 11) is 0. The monoisotopic (exact) mass is 743 g/mol. The average molecular weight is 744 g/mol. The van der Waals surface area contributed by atoms with Gasteiger partial charge in [-0.2, -0.15) is 0 Å². The first-order valence-corrected chi connectivity index (χ1v) is 20.4. The summed E-state index contributed by atoms with van der Waals surface area (Å²) in [6.45, 7) is 9.47. The Morgan fingerprint density at radius 1 is 0.379 bits per heavy atom. The Bertz CT molecular complexity index is 3240. The molecule has 2 nitrogen and oxygen atoms in total. The quantitative estimate of drug-likeness (QED) is 0.167. The van der Waals surface area contributed by atoms with Gasteiger partial charge >= 0.3 is 0 Å². The van der Waals surface area contributed by atoms with Gasteiger partial charge in [-0.25, -0.2) is 0 Å². The molecule has 2 aliphatic rings. The minimum atomic E-state index is -0.151. The molecular weight excluding hydrogens is 703 g/mol. The van der Waals surface area contributed by atoms with Crippen LogP contribution in [0.25, 0.3) is 76.9 Å². The van der Waals surface area contributed by atoms with Gasteiger partial charge in [0.25, 0.3) is 0 Å². The maximum Gasteiger partial charge on any atom is 0.145 e. The second-order valence-electron chi connectivity index (χ2n) is 17.2. The molecule has 1 heterocycles. The molecule has 12 rings (SSSR count). The van der Waals surface area contributed by atoms with E-state index in [1.165, 1.54) is 60.7 Å². The van der Waals surface area contributed by atoms with Crippen LogP contribution in [0.2, 0.25) is 0 Å². The number of hydrogen-bond donors (Lipinski definition) is 0. The molecule has 58 heavy (non-hydrogen) atoms. The van der Waals surface area contributed by atoms with E-state index in [0.717, 1.165) is 55.5 Å². The highest BCUT2D eigenvalue weighted by atomic mass is 16.3. The molecule has 9 aromatic carbocycles. The lowest BCUT2D eigenvalue weighted by molar-refractivity contribution is 0.660. The third kappa shape index (κ3) is 4.43. The first kappa shape index (κ1) is 33.3. The third-order valence-corrected chi connectivity index (χ3v) is 13.4. The Balaban J connectivity index is 1.18. The van der Waals surface area contributed by atoms with Gasteiger partial charge in [0.1, 0.15) is 11.2 Å². The summed E-state index contributed by atoms with van der Waals surface area (Å²) in [5.41, 5.74) is 17.7. The van der Waals surface area contributed by atoms with Crippen LogP contribution in [0.1, 0.15) is 49.9 Å². The molecule has 0 unspecified atom stereocenters.